The van der Waals surface area contributed by atoms with Gasteiger partial charge in [0.15, 0.2) is 0 Å². The van der Waals surface area contributed by atoms with E-state index in [1.54, 1.807) is 12.1 Å². The average molecular weight is 347 g/mol. The summed E-state index contributed by atoms with van der Waals surface area (Å²) in [4.78, 5) is 24.5. The van der Waals surface area contributed by atoms with Crippen LogP contribution in [0, 0.1) is 16.0 Å². The van der Waals surface area contributed by atoms with Crippen molar-refractivity contribution in [3.63, 3.8) is 0 Å². The van der Waals surface area contributed by atoms with Crippen LogP contribution in [-0.4, -0.2) is 48.0 Å². The molecule has 0 saturated carbocycles. The van der Waals surface area contributed by atoms with Crippen molar-refractivity contribution in [3.05, 3.63) is 34.4 Å². The molecule has 2 aliphatic heterocycles. The number of likely N-dealkylation sites (tertiary alicyclic amines) is 1. The second-order valence-corrected chi connectivity index (χ2v) is 6.85. The van der Waals surface area contributed by atoms with Crippen molar-refractivity contribution in [1.82, 2.24) is 10.2 Å². The van der Waals surface area contributed by atoms with Gasteiger partial charge in [-0.3, -0.25) is 14.9 Å². The lowest BCUT2D eigenvalue weighted by Crippen LogP contribution is -2.41. The largest absolute Gasteiger partial charge is 0.490 e. The Kier molecular flexibility index (Phi) is 5.86. The predicted octanol–water partition coefficient (Wildman–Crippen LogP) is 2.35. The Hall–Kier alpha value is -2.15. The van der Waals surface area contributed by atoms with E-state index in [4.69, 9.17) is 4.74 Å². The number of nitro groups is 1. The molecular formula is C18H25N3O4. The molecule has 7 heteroatoms. The van der Waals surface area contributed by atoms with E-state index in [-0.39, 0.29) is 17.7 Å². The fourth-order valence-electron chi connectivity index (χ4n) is 3.51. The number of hydrogen-bond acceptors (Lipinski definition) is 5. The molecule has 2 saturated heterocycles. The molecule has 0 aromatic heterocycles. The number of ether oxygens (including phenoxy) is 1. The summed E-state index contributed by atoms with van der Waals surface area (Å²) in [5.41, 5.74) is 0.0604. The van der Waals surface area contributed by atoms with E-state index in [2.05, 4.69) is 5.32 Å². The summed E-state index contributed by atoms with van der Waals surface area (Å²) in [7, 11) is 0. The maximum Gasteiger partial charge on any atom is 0.269 e. The monoisotopic (exact) mass is 347 g/mol. The highest BCUT2D eigenvalue weighted by atomic mass is 16.6. The van der Waals surface area contributed by atoms with Gasteiger partial charge in [0.1, 0.15) is 11.9 Å². The van der Waals surface area contributed by atoms with Crippen molar-refractivity contribution < 1.29 is 14.5 Å². The van der Waals surface area contributed by atoms with Gasteiger partial charge in [-0.15, -0.1) is 0 Å². The second-order valence-electron chi connectivity index (χ2n) is 6.85. The number of nitrogens with zero attached hydrogens (tertiary/aromatic N) is 2. The zero-order valence-corrected chi connectivity index (χ0v) is 14.4. The van der Waals surface area contributed by atoms with E-state index in [0.29, 0.717) is 18.1 Å². The minimum Gasteiger partial charge on any atom is -0.490 e. The summed E-state index contributed by atoms with van der Waals surface area (Å²) in [6, 6.07) is 6.16. The molecule has 0 aliphatic carbocycles. The van der Waals surface area contributed by atoms with E-state index >= 15 is 0 Å². The Morgan fingerprint density at radius 2 is 1.96 bits per heavy atom. The number of carbonyl (C=O) groups is 1. The van der Waals surface area contributed by atoms with Gasteiger partial charge in [0.25, 0.3) is 5.69 Å². The van der Waals surface area contributed by atoms with Crippen LogP contribution in [0.2, 0.25) is 0 Å². The zero-order chi connectivity index (χ0) is 17.6. The Morgan fingerprint density at radius 3 is 2.56 bits per heavy atom. The van der Waals surface area contributed by atoms with Crippen LogP contribution in [-0.2, 0) is 4.79 Å². The molecule has 3 rings (SSSR count). The first-order valence-corrected chi connectivity index (χ1v) is 9.01. The Labute approximate surface area is 147 Å². The van der Waals surface area contributed by atoms with Crippen LogP contribution in [0.15, 0.2) is 24.3 Å². The molecule has 25 heavy (non-hydrogen) atoms. The molecule has 1 atom stereocenters. The van der Waals surface area contributed by atoms with Crippen molar-refractivity contribution in [2.75, 3.05) is 26.2 Å². The van der Waals surface area contributed by atoms with Gasteiger partial charge < -0.3 is 15.0 Å². The third kappa shape index (κ3) is 4.92. The normalized spacial score (nSPS) is 21.3. The maximum absolute atomic E-state index is 12.3. The lowest BCUT2D eigenvalue weighted by Gasteiger charge is -2.32. The molecule has 1 aromatic rings. The van der Waals surface area contributed by atoms with Crippen LogP contribution in [0.4, 0.5) is 5.69 Å². The number of benzene rings is 1. The van der Waals surface area contributed by atoms with Crippen LogP contribution in [0.3, 0.4) is 0 Å². The van der Waals surface area contributed by atoms with Crippen LogP contribution in [0.5, 0.6) is 5.75 Å². The molecule has 1 aromatic carbocycles. The highest BCUT2D eigenvalue weighted by Gasteiger charge is 2.25. The van der Waals surface area contributed by atoms with Gasteiger partial charge in [0.2, 0.25) is 5.91 Å². The van der Waals surface area contributed by atoms with E-state index in [0.717, 1.165) is 45.4 Å². The van der Waals surface area contributed by atoms with E-state index in [1.165, 1.54) is 18.6 Å². The molecule has 2 aliphatic rings. The van der Waals surface area contributed by atoms with Gasteiger partial charge in [-0.25, -0.2) is 0 Å². The van der Waals surface area contributed by atoms with Crippen LogP contribution < -0.4 is 10.1 Å². The number of piperidine rings is 1. The van der Waals surface area contributed by atoms with Gasteiger partial charge in [0, 0.05) is 44.5 Å². The molecule has 7 nitrogen and oxygen atoms in total. The molecule has 0 bridgehead atoms. The summed E-state index contributed by atoms with van der Waals surface area (Å²) < 4.78 is 5.89. The molecule has 0 radical (unpaired) electrons. The predicted molar refractivity (Wildman–Crippen MR) is 93.5 cm³/mol. The summed E-state index contributed by atoms with van der Waals surface area (Å²) in [5.74, 6) is 1.54. The van der Waals surface area contributed by atoms with E-state index in [1.807, 2.05) is 4.90 Å². The summed E-state index contributed by atoms with van der Waals surface area (Å²) in [5, 5.41) is 14.0. The number of non-ortho nitro benzene ring substituents is 1. The number of hydrogen-bond donors (Lipinski definition) is 1. The highest BCUT2D eigenvalue weighted by molar-refractivity contribution is 5.76. The first kappa shape index (κ1) is 17.7. The van der Waals surface area contributed by atoms with Crippen molar-refractivity contribution >= 4 is 11.6 Å². The number of nitro benzene ring substituents is 1. The lowest BCUT2D eigenvalue weighted by atomic mass is 10.0. The minimum atomic E-state index is -0.421. The molecule has 2 fully saturated rings. The molecule has 136 valence electrons. The highest BCUT2D eigenvalue weighted by Crippen LogP contribution is 2.23. The van der Waals surface area contributed by atoms with Crippen LogP contribution >= 0.6 is 0 Å². The van der Waals surface area contributed by atoms with Crippen LogP contribution in [0.1, 0.15) is 32.1 Å². The van der Waals surface area contributed by atoms with E-state index < -0.39 is 4.92 Å². The summed E-state index contributed by atoms with van der Waals surface area (Å²) >= 11 is 0. The smallest absolute Gasteiger partial charge is 0.269 e. The number of nitrogens with one attached hydrogen (secondary N) is 1. The number of rotatable bonds is 6. The second kappa shape index (κ2) is 8.29. The molecule has 0 spiro atoms. The zero-order valence-electron chi connectivity index (χ0n) is 14.4. The summed E-state index contributed by atoms with van der Waals surface area (Å²) in [6.45, 7) is 3.56. The molecule has 1 unspecified atom stereocenters. The number of amides is 1. The number of carbonyl (C=O) groups excluding carboxylic acids is 1. The lowest BCUT2D eigenvalue weighted by molar-refractivity contribution is -0.384. The van der Waals surface area contributed by atoms with Crippen molar-refractivity contribution in [3.8, 4) is 5.75 Å². The third-order valence-corrected chi connectivity index (χ3v) is 5.07. The standard InChI is InChI=1S/C18H25N3O4/c22-18(6-1-14-7-10-19-13-14)20-11-8-17(9-12-20)25-16-4-2-15(3-5-16)21(23)24/h2-5,14,17,19H,1,6-13H2. The average Bonchev–Trinajstić information content (AvgIpc) is 3.14. The van der Waals surface area contributed by atoms with Crippen molar-refractivity contribution in [2.24, 2.45) is 5.92 Å². The topological polar surface area (TPSA) is 84.7 Å². The first-order chi connectivity index (χ1) is 12.1. The Bertz CT molecular complexity index is 591. The maximum atomic E-state index is 12.3. The molecular weight excluding hydrogens is 322 g/mol. The SMILES string of the molecule is O=C(CCC1CCNC1)N1CCC(Oc2ccc([N+](=O)[O-])cc2)CC1. The van der Waals surface area contributed by atoms with Crippen molar-refractivity contribution in [2.45, 2.75) is 38.2 Å². The van der Waals surface area contributed by atoms with Crippen molar-refractivity contribution in [1.29, 1.82) is 0 Å². The first-order valence-electron chi connectivity index (χ1n) is 9.01. The van der Waals surface area contributed by atoms with Crippen LogP contribution in [0.25, 0.3) is 0 Å². The Balaban J connectivity index is 1.40. The van der Waals surface area contributed by atoms with Gasteiger partial charge in [-0.2, -0.15) is 0 Å². The minimum absolute atomic E-state index is 0.0598. The fraction of sp³-hybridized carbons (Fsp3) is 0.611. The van der Waals surface area contributed by atoms with Gasteiger partial charge >= 0.3 is 0 Å². The Morgan fingerprint density at radius 1 is 1.24 bits per heavy atom. The summed E-state index contributed by atoms with van der Waals surface area (Å²) in [6.07, 6.45) is 4.45. The van der Waals surface area contributed by atoms with Gasteiger partial charge in [-0.05, 0) is 44.0 Å². The van der Waals surface area contributed by atoms with Gasteiger partial charge in [-0.1, -0.05) is 0 Å². The van der Waals surface area contributed by atoms with Gasteiger partial charge in [0.05, 0.1) is 4.92 Å². The molecule has 1 amide bonds. The van der Waals surface area contributed by atoms with E-state index in [9.17, 15) is 14.9 Å². The molecule has 2 heterocycles. The molecule has 1 N–H and O–H groups in total. The fourth-order valence-corrected chi connectivity index (χ4v) is 3.51. The third-order valence-electron chi connectivity index (χ3n) is 5.07. The quantitative estimate of drug-likeness (QED) is 0.631.